The molecule has 0 radical (unpaired) electrons. The van der Waals surface area contributed by atoms with Crippen LogP contribution in [0.2, 0.25) is 0 Å². The first kappa shape index (κ1) is 22.8. The number of nitrogens with zero attached hydrogens (tertiary/aromatic N) is 1. The van der Waals surface area contributed by atoms with Crippen molar-refractivity contribution in [2.24, 2.45) is 0 Å². The van der Waals surface area contributed by atoms with Crippen LogP contribution >= 0.6 is 24.0 Å². The van der Waals surface area contributed by atoms with Gasteiger partial charge in [-0.05, 0) is 44.0 Å². The zero-order valence-corrected chi connectivity index (χ0v) is 19.4. The Labute approximate surface area is 191 Å². The molecule has 2 aromatic rings. The van der Waals surface area contributed by atoms with E-state index in [1.165, 1.54) is 18.9 Å². The van der Waals surface area contributed by atoms with Crippen molar-refractivity contribution in [3.8, 4) is 11.5 Å². The van der Waals surface area contributed by atoms with Crippen molar-refractivity contribution in [2.45, 2.75) is 20.8 Å². The molecular weight excluding hydrogens is 434 g/mol. The van der Waals surface area contributed by atoms with E-state index in [9.17, 15) is 9.59 Å². The Balaban J connectivity index is 1.96. The monoisotopic (exact) mass is 457 g/mol. The third-order valence-corrected chi connectivity index (χ3v) is 5.91. The standard InChI is InChI=1S/C23H23NO5S2/c1-5-28-19(25)13-29-21-16(10-7-11-17(21)27-4)12-18-22(26)24(23(30)31-18)20-14(2)8-6-9-15(20)3/h6-12H,5,13H2,1-4H3/b18-12-. The summed E-state index contributed by atoms with van der Waals surface area (Å²) in [4.78, 5) is 27.0. The molecule has 1 saturated heterocycles. The van der Waals surface area contributed by atoms with Gasteiger partial charge < -0.3 is 14.2 Å². The summed E-state index contributed by atoms with van der Waals surface area (Å²) in [5, 5.41) is 0. The van der Waals surface area contributed by atoms with E-state index in [-0.39, 0.29) is 19.1 Å². The van der Waals surface area contributed by atoms with Crippen LogP contribution in [0.25, 0.3) is 6.08 Å². The SMILES string of the molecule is CCOC(=O)COc1c(/C=C2\SC(=S)N(c3c(C)cccc3C)C2=O)cccc1OC. The van der Waals surface area contributed by atoms with E-state index < -0.39 is 5.97 Å². The van der Waals surface area contributed by atoms with Gasteiger partial charge in [0.25, 0.3) is 5.91 Å². The fourth-order valence-corrected chi connectivity index (χ4v) is 4.52. The van der Waals surface area contributed by atoms with E-state index in [2.05, 4.69) is 0 Å². The molecule has 0 aromatic heterocycles. The van der Waals surface area contributed by atoms with Crippen LogP contribution in [0, 0.1) is 13.8 Å². The number of esters is 1. The van der Waals surface area contributed by atoms with Gasteiger partial charge in [0.15, 0.2) is 22.4 Å². The Morgan fingerprint density at radius 2 is 1.84 bits per heavy atom. The summed E-state index contributed by atoms with van der Waals surface area (Å²) in [6, 6.07) is 11.1. The van der Waals surface area contributed by atoms with E-state index in [1.807, 2.05) is 32.0 Å². The average molecular weight is 458 g/mol. The molecule has 1 aliphatic rings. The maximum Gasteiger partial charge on any atom is 0.344 e. The third kappa shape index (κ3) is 4.91. The number of hydrogen-bond acceptors (Lipinski definition) is 7. The lowest BCUT2D eigenvalue weighted by Crippen LogP contribution is -2.29. The summed E-state index contributed by atoms with van der Waals surface area (Å²) in [7, 11) is 1.51. The number of anilines is 1. The zero-order valence-electron chi connectivity index (χ0n) is 17.8. The Morgan fingerprint density at radius 1 is 1.16 bits per heavy atom. The molecule has 2 aromatic carbocycles. The third-order valence-electron chi connectivity index (χ3n) is 4.61. The van der Waals surface area contributed by atoms with Gasteiger partial charge in [-0.3, -0.25) is 9.69 Å². The maximum absolute atomic E-state index is 13.2. The molecular formula is C23H23NO5S2. The Kier molecular flexibility index (Phi) is 7.35. The molecule has 1 amide bonds. The van der Waals surface area contributed by atoms with E-state index >= 15 is 0 Å². The summed E-state index contributed by atoms with van der Waals surface area (Å²) in [6.45, 7) is 5.63. The number of para-hydroxylation sites is 2. The molecule has 0 aliphatic carbocycles. The predicted octanol–water partition coefficient (Wildman–Crippen LogP) is 4.66. The number of methoxy groups -OCH3 is 1. The molecule has 0 atom stereocenters. The van der Waals surface area contributed by atoms with E-state index in [0.29, 0.717) is 26.3 Å². The average Bonchev–Trinajstić information content (AvgIpc) is 3.00. The van der Waals surface area contributed by atoms with E-state index in [4.69, 9.17) is 26.4 Å². The lowest BCUT2D eigenvalue weighted by Gasteiger charge is -2.19. The molecule has 0 unspecified atom stereocenters. The summed E-state index contributed by atoms with van der Waals surface area (Å²) in [6.07, 6.45) is 1.70. The molecule has 0 bridgehead atoms. The predicted molar refractivity (Wildman–Crippen MR) is 127 cm³/mol. The van der Waals surface area contributed by atoms with Crippen LogP contribution < -0.4 is 14.4 Å². The number of carbonyl (C=O) groups is 2. The van der Waals surface area contributed by atoms with Crippen molar-refractivity contribution in [1.82, 2.24) is 0 Å². The molecule has 0 saturated carbocycles. The molecule has 0 spiro atoms. The van der Waals surface area contributed by atoms with Crippen molar-refractivity contribution >= 4 is 51.9 Å². The van der Waals surface area contributed by atoms with Crippen LogP contribution in [0.15, 0.2) is 41.3 Å². The maximum atomic E-state index is 13.2. The molecule has 0 N–H and O–H groups in total. The highest BCUT2D eigenvalue weighted by atomic mass is 32.2. The number of carbonyl (C=O) groups excluding carboxylic acids is 2. The largest absolute Gasteiger partial charge is 0.493 e. The number of ether oxygens (including phenoxy) is 3. The van der Waals surface area contributed by atoms with Crippen molar-refractivity contribution in [3.05, 3.63) is 58.0 Å². The smallest absolute Gasteiger partial charge is 0.344 e. The molecule has 31 heavy (non-hydrogen) atoms. The second-order valence-corrected chi connectivity index (χ2v) is 8.41. The molecule has 3 rings (SSSR count). The molecule has 1 fully saturated rings. The number of thiocarbonyl (C=S) groups is 1. The Morgan fingerprint density at radius 3 is 2.48 bits per heavy atom. The number of amides is 1. The van der Waals surface area contributed by atoms with Crippen LogP contribution in [-0.2, 0) is 14.3 Å². The number of rotatable bonds is 7. The van der Waals surface area contributed by atoms with Gasteiger partial charge in [0.2, 0.25) is 0 Å². The van der Waals surface area contributed by atoms with Gasteiger partial charge in [-0.1, -0.05) is 54.3 Å². The van der Waals surface area contributed by atoms with Gasteiger partial charge in [-0.2, -0.15) is 0 Å². The fourth-order valence-electron chi connectivity index (χ4n) is 3.26. The van der Waals surface area contributed by atoms with Gasteiger partial charge in [-0.15, -0.1) is 0 Å². The number of benzene rings is 2. The second-order valence-electron chi connectivity index (χ2n) is 6.73. The second kappa shape index (κ2) is 9.98. The summed E-state index contributed by atoms with van der Waals surface area (Å²) < 4.78 is 16.5. The molecule has 6 nitrogen and oxygen atoms in total. The van der Waals surface area contributed by atoms with E-state index in [1.54, 1.807) is 36.1 Å². The quantitative estimate of drug-likeness (QED) is 0.340. The number of aryl methyl sites for hydroxylation is 2. The van der Waals surface area contributed by atoms with Gasteiger partial charge in [0.05, 0.1) is 24.3 Å². The molecule has 8 heteroatoms. The van der Waals surface area contributed by atoms with Crippen LogP contribution in [0.5, 0.6) is 11.5 Å². The van der Waals surface area contributed by atoms with Crippen molar-refractivity contribution in [3.63, 3.8) is 0 Å². The van der Waals surface area contributed by atoms with Crippen LogP contribution in [-0.4, -0.2) is 36.5 Å². The molecule has 1 heterocycles. The highest BCUT2D eigenvalue weighted by Crippen LogP contribution is 2.40. The minimum Gasteiger partial charge on any atom is -0.493 e. The van der Waals surface area contributed by atoms with E-state index in [0.717, 1.165) is 16.8 Å². The minimum absolute atomic E-state index is 0.202. The van der Waals surface area contributed by atoms with Crippen molar-refractivity contribution < 1.29 is 23.8 Å². The molecule has 162 valence electrons. The van der Waals surface area contributed by atoms with Crippen LogP contribution in [0.3, 0.4) is 0 Å². The molecule has 1 aliphatic heterocycles. The first-order valence-electron chi connectivity index (χ1n) is 9.67. The minimum atomic E-state index is -0.485. The highest BCUT2D eigenvalue weighted by molar-refractivity contribution is 8.27. The topological polar surface area (TPSA) is 65.1 Å². The first-order chi connectivity index (χ1) is 14.9. The van der Waals surface area contributed by atoms with Gasteiger partial charge in [-0.25, -0.2) is 4.79 Å². The zero-order chi connectivity index (χ0) is 22.5. The summed E-state index contributed by atoms with van der Waals surface area (Å²) in [5.41, 5.74) is 3.35. The Hall–Kier alpha value is -2.84. The lowest BCUT2D eigenvalue weighted by molar-refractivity contribution is -0.145. The summed E-state index contributed by atoms with van der Waals surface area (Å²) in [5.74, 6) is 0.117. The number of thioether (sulfide) groups is 1. The summed E-state index contributed by atoms with van der Waals surface area (Å²) >= 11 is 6.74. The van der Waals surface area contributed by atoms with Crippen LogP contribution in [0.4, 0.5) is 5.69 Å². The lowest BCUT2D eigenvalue weighted by atomic mass is 10.1. The van der Waals surface area contributed by atoms with Crippen molar-refractivity contribution in [1.29, 1.82) is 0 Å². The number of hydrogen-bond donors (Lipinski definition) is 0. The van der Waals surface area contributed by atoms with Gasteiger partial charge in [0.1, 0.15) is 0 Å². The Bertz CT molecular complexity index is 1040. The fraction of sp³-hybridized carbons (Fsp3) is 0.261. The van der Waals surface area contributed by atoms with Gasteiger partial charge in [0, 0.05) is 5.56 Å². The highest BCUT2D eigenvalue weighted by Gasteiger charge is 2.35. The van der Waals surface area contributed by atoms with Gasteiger partial charge >= 0.3 is 5.97 Å². The first-order valence-corrected chi connectivity index (χ1v) is 10.9. The van der Waals surface area contributed by atoms with Crippen molar-refractivity contribution in [2.75, 3.05) is 25.2 Å². The normalized spacial score (nSPS) is 14.8. The van der Waals surface area contributed by atoms with Crippen LogP contribution in [0.1, 0.15) is 23.6 Å².